The molecule has 5 heterocycles. The molecule has 3 aliphatic heterocycles. The second-order valence-electron chi connectivity index (χ2n) is 9.68. The fourth-order valence-corrected chi connectivity index (χ4v) is 6.09. The highest BCUT2D eigenvalue weighted by Crippen LogP contribution is 2.47. The van der Waals surface area contributed by atoms with Gasteiger partial charge >= 0.3 is 6.01 Å². The number of fused-ring (bicyclic) bond motifs is 3. The standard InChI is InChI=1S/C23H27ClF3N5O/c24-20-17(27)18-15(10-28-20)21(32-8-3-1-2-5-14-16(26)19(14)32)30-22(29-18)33-12-23-6-4-7-31(23)11-13(25)9-23/h10,13-14,16,19H,1-9,11-12H2/t13-,14+,16+,19+,23+/m1/s1/i12D2. The van der Waals surface area contributed by atoms with Crippen molar-refractivity contribution in [1.29, 1.82) is 0 Å². The summed E-state index contributed by atoms with van der Waals surface area (Å²) >= 11 is 5.93. The first-order valence-electron chi connectivity index (χ1n) is 12.7. The molecule has 0 amide bonds. The van der Waals surface area contributed by atoms with Crippen LogP contribution in [0, 0.1) is 11.7 Å². The van der Waals surface area contributed by atoms with Gasteiger partial charge in [-0.05, 0) is 32.2 Å². The second-order valence-corrected chi connectivity index (χ2v) is 10.0. The number of pyridine rings is 1. The number of anilines is 1. The zero-order valence-corrected chi connectivity index (χ0v) is 18.9. The molecule has 0 unspecified atom stereocenters. The van der Waals surface area contributed by atoms with Crippen molar-refractivity contribution in [3.63, 3.8) is 0 Å². The molecule has 0 bridgehead atoms. The molecular formula is C23H27ClF3N5O. The second kappa shape index (κ2) is 8.12. The van der Waals surface area contributed by atoms with Crippen molar-refractivity contribution in [3.8, 4) is 6.01 Å². The van der Waals surface area contributed by atoms with Gasteiger partial charge in [0.05, 0.1) is 19.7 Å². The topological polar surface area (TPSA) is 54.4 Å². The minimum Gasteiger partial charge on any atom is -0.461 e. The largest absolute Gasteiger partial charge is 0.461 e. The Kier molecular flexibility index (Phi) is 4.78. The third kappa shape index (κ3) is 3.62. The number of ether oxygens (including phenoxy) is 1. The summed E-state index contributed by atoms with van der Waals surface area (Å²) < 4.78 is 67.5. The van der Waals surface area contributed by atoms with Crippen LogP contribution in [0.2, 0.25) is 5.15 Å². The van der Waals surface area contributed by atoms with E-state index in [4.69, 9.17) is 19.1 Å². The molecule has 0 aromatic carbocycles. The third-order valence-corrected chi connectivity index (χ3v) is 7.90. The Labute approximate surface area is 198 Å². The van der Waals surface area contributed by atoms with Gasteiger partial charge in [-0.3, -0.25) is 4.90 Å². The van der Waals surface area contributed by atoms with Crippen molar-refractivity contribution < 1.29 is 20.6 Å². The van der Waals surface area contributed by atoms with Crippen molar-refractivity contribution in [2.45, 2.75) is 68.9 Å². The zero-order chi connectivity index (χ0) is 24.5. The molecule has 6 rings (SSSR count). The number of nitrogens with zero attached hydrogens (tertiary/aromatic N) is 5. The Balaban J connectivity index is 1.43. The molecule has 10 heteroatoms. The summed E-state index contributed by atoms with van der Waals surface area (Å²) in [5, 5.41) is -0.114. The Morgan fingerprint density at radius 3 is 2.97 bits per heavy atom. The zero-order valence-electron chi connectivity index (χ0n) is 20.1. The lowest BCUT2D eigenvalue weighted by molar-refractivity contribution is 0.107. The quantitative estimate of drug-likeness (QED) is 0.597. The first-order valence-corrected chi connectivity index (χ1v) is 12.1. The Morgan fingerprint density at radius 1 is 1.21 bits per heavy atom. The molecule has 0 N–H and O–H groups in total. The highest BCUT2D eigenvalue weighted by Gasteiger charge is 2.55. The van der Waals surface area contributed by atoms with E-state index < -0.39 is 30.3 Å². The molecule has 6 nitrogen and oxygen atoms in total. The Bertz CT molecular complexity index is 1160. The highest BCUT2D eigenvalue weighted by atomic mass is 35.5. The fraction of sp³-hybridized carbons (Fsp3) is 0.696. The van der Waals surface area contributed by atoms with Crippen LogP contribution in [0.25, 0.3) is 10.9 Å². The van der Waals surface area contributed by atoms with E-state index in [1.54, 1.807) is 4.90 Å². The monoisotopic (exact) mass is 483 g/mol. The summed E-state index contributed by atoms with van der Waals surface area (Å²) in [5.74, 6) is -0.733. The van der Waals surface area contributed by atoms with Gasteiger partial charge in [-0.2, -0.15) is 9.97 Å². The van der Waals surface area contributed by atoms with E-state index in [2.05, 4.69) is 15.0 Å². The summed E-state index contributed by atoms with van der Waals surface area (Å²) in [6.45, 7) is -1.08. The molecule has 2 aromatic heterocycles. The minimum atomic E-state index is -2.33. The van der Waals surface area contributed by atoms with Gasteiger partial charge in [0.15, 0.2) is 11.0 Å². The smallest absolute Gasteiger partial charge is 0.319 e. The maximum absolute atomic E-state index is 15.1. The number of hydrogen-bond donors (Lipinski definition) is 0. The van der Waals surface area contributed by atoms with Crippen molar-refractivity contribution in [3.05, 3.63) is 17.2 Å². The van der Waals surface area contributed by atoms with Crippen molar-refractivity contribution >= 4 is 28.3 Å². The average molecular weight is 484 g/mol. The number of halogens is 4. The molecule has 1 saturated carbocycles. The van der Waals surface area contributed by atoms with Crippen LogP contribution < -0.4 is 9.64 Å². The third-order valence-electron chi connectivity index (χ3n) is 7.64. The number of rotatable bonds is 4. The lowest BCUT2D eigenvalue weighted by Gasteiger charge is -2.31. The molecule has 4 aliphatic rings. The summed E-state index contributed by atoms with van der Waals surface area (Å²) in [4.78, 5) is 16.2. The van der Waals surface area contributed by atoms with Crippen LogP contribution in [0.5, 0.6) is 6.01 Å². The number of hydrogen-bond acceptors (Lipinski definition) is 6. The summed E-state index contributed by atoms with van der Waals surface area (Å²) in [7, 11) is 0. The molecule has 5 atom stereocenters. The molecule has 0 radical (unpaired) electrons. The van der Waals surface area contributed by atoms with Crippen molar-refractivity contribution in [2.75, 3.05) is 31.1 Å². The number of alkyl halides is 2. The molecule has 3 saturated heterocycles. The van der Waals surface area contributed by atoms with Crippen LogP contribution in [0.15, 0.2) is 6.20 Å². The normalized spacial score (nSPS) is 35.5. The summed E-state index contributed by atoms with van der Waals surface area (Å²) in [6, 6.07) is -0.764. The van der Waals surface area contributed by atoms with E-state index >= 15 is 4.39 Å². The minimum absolute atomic E-state index is 0.00393. The van der Waals surface area contributed by atoms with Crippen LogP contribution in [0.1, 0.15) is 47.7 Å². The van der Waals surface area contributed by atoms with Gasteiger partial charge in [0.1, 0.15) is 30.2 Å². The first-order chi connectivity index (χ1) is 16.7. The van der Waals surface area contributed by atoms with E-state index in [1.165, 1.54) is 6.20 Å². The molecular weight excluding hydrogens is 455 g/mol. The van der Waals surface area contributed by atoms with E-state index in [0.717, 1.165) is 32.1 Å². The van der Waals surface area contributed by atoms with E-state index in [0.29, 0.717) is 19.5 Å². The van der Waals surface area contributed by atoms with E-state index in [-0.39, 0.29) is 52.8 Å². The van der Waals surface area contributed by atoms with E-state index in [9.17, 15) is 8.78 Å². The molecule has 2 aromatic rings. The first kappa shape index (κ1) is 19.4. The van der Waals surface area contributed by atoms with Gasteiger partial charge in [-0.1, -0.05) is 24.4 Å². The molecule has 178 valence electrons. The summed E-state index contributed by atoms with van der Waals surface area (Å²) in [5.41, 5.74) is -1.31. The van der Waals surface area contributed by atoms with Crippen LogP contribution >= 0.6 is 11.6 Å². The summed E-state index contributed by atoms with van der Waals surface area (Å²) in [6.07, 6.45) is 3.87. The van der Waals surface area contributed by atoms with Crippen LogP contribution in [-0.2, 0) is 0 Å². The van der Waals surface area contributed by atoms with Crippen LogP contribution in [0.3, 0.4) is 0 Å². The SMILES string of the molecule is [2H]C([2H])(Oc1nc(N2CCCCC[C@H]3[C@H](F)[C@H]32)c2cnc(Cl)c(F)c2n1)[C@@]12CCCN1C[C@H](F)C2. The molecule has 33 heavy (non-hydrogen) atoms. The van der Waals surface area contributed by atoms with Gasteiger partial charge in [0.25, 0.3) is 0 Å². The predicted octanol–water partition coefficient (Wildman–Crippen LogP) is 4.49. The average Bonchev–Trinajstić information content (AvgIpc) is 3.08. The van der Waals surface area contributed by atoms with Crippen LogP contribution in [0.4, 0.5) is 19.0 Å². The predicted molar refractivity (Wildman–Crippen MR) is 119 cm³/mol. The molecule has 0 spiro atoms. The highest BCUT2D eigenvalue weighted by molar-refractivity contribution is 6.30. The molecule has 4 fully saturated rings. The Morgan fingerprint density at radius 2 is 2.09 bits per heavy atom. The van der Waals surface area contributed by atoms with Gasteiger partial charge in [0.2, 0.25) is 0 Å². The van der Waals surface area contributed by atoms with Gasteiger partial charge in [0, 0.05) is 31.6 Å². The lowest BCUT2D eigenvalue weighted by Crippen LogP contribution is -2.43. The van der Waals surface area contributed by atoms with Gasteiger partial charge < -0.3 is 9.64 Å². The van der Waals surface area contributed by atoms with Crippen LogP contribution in [-0.4, -0.2) is 70.0 Å². The van der Waals surface area contributed by atoms with Crippen molar-refractivity contribution in [1.82, 2.24) is 19.9 Å². The van der Waals surface area contributed by atoms with E-state index in [1.807, 2.05) is 4.90 Å². The maximum Gasteiger partial charge on any atom is 0.319 e. The maximum atomic E-state index is 15.1. The number of aromatic nitrogens is 3. The van der Waals surface area contributed by atoms with Crippen molar-refractivity contribution in [2.24, 2.45) is 5.92 Å². The Hall–Kier alpha value is -1.87. The fourth-order valence-electron chi connectivity index (χ4n) is 5.95. The molecule has 1 aliphatic carbocycles. The lowest BCUT2D eigenvalue weighted by atomic mass is 9.95. The van der Waals surface area contributed by atoms with Gasteiger partial charge in [-0.15, -0.1) is 0 Å². The van der Waals surface area contributed by atoms with Gasteiger partial charge in [-0.25, -0.2) is 18.2 Å².